The molecule has 1 aliphatic rings. The molecule has 0 bridgehead atoms. The first-order valence-electron chi connectivity index (χ1n) is 16.0. The molecule has 0 saturated carbocycles. The van der Waals surface area contributed by atoms with E-state index in [1.165, 1.54) is 66.1 Å². The van der Waals surface area contributed by atoms with Crippen molar-refractivity contribution in [1.29, 1.82) is 0 Å². The smallest absolute Gasteiger partial charge is 0.123 e. The molecule has 8 aromatic rings. The van der Waals surface area contributed by atoms with Gasteiger partial charge in [0, 0.05) is 5.41 Å². The minimum absolute atomic E-state index is 0.101. The van der Waals surface area contributed by atoms with Crippen molar-refractivity contribution >= 4 is 32.3 Å². The molecule has 0 aromatic heterocycles. The van der Waals surface area contributed by atoms with Gasteiger partial charge in [0.15, 0.2) is 0 Å². The van der Waals surface area contributed by atoms with Gasteiger partial charge in [0.05, 0.1) is 0 Å². The predicted octanol–water partition coefficient (Wildman–Crippen LogP) is 12.6. The monoisotopic (exact) mass is 590 g/mol. The van der Waals surface area contributed by atoms with Gasteiger partial charge in [0.25, 0.3) is 0 Å². The average molecular weight is 591 g/mol. The lowest BCUT2D eigenvalue weighted by Crippen LogP contribution is -2.14. The summed E-state index contributed by atoms with van der Waals surface area (Å²) in [7, 11) is 0. The Morgan fingerprint density at radius 1 is 0.391 bits per heavy atom. The third-order valence-corrected chi connectivity index (χ3v) is 10.1. The van der Waals surface area contributed by atoms with Crippen LogP contribution in [0.15, 0.2) is 152 Å². The van der Waals surface area contributed by atoms with E-state index in [-0.39, 0.29) is 11.2 Å². The first-order chi connectivity index (χ1) is 22.5. The van der Waals surface area contributed by atoms with E-state index in [0.717, 1.165) is 21.9 Å². The van der Waals surface area contributed by atoms with Crippen LogP contribution in [0.5, 0.6) is 0 Å². The maximum absolute atomic E-state index is 14.2. The SMILES string of the molecule is CC1(C)c2ccccc2-c2c(-c3c4ccccc4c(-c4ccc(F)cc4)c4ccc(-c5cccc6ccccc56)cc34)cccc21. The molecule has 8 aromatic carbocycles. The molecule has 0 nitrogen and oxygen atoms in total. The van der Waals surface area contributed by atoms with E-state index < -0.39 is 0 Å². The van der Waals surface area contributed by atoms with Gasteiger partial charge in [-0.1, -0.05) is 147 Å². The number of hydrogen-bond acceptors (Lipinski definition) is 0. The molecule has 0 N–H and O–H groups in total. The maximum atomic E-state index is 14.2. The Morgan fingerprint density at radius 2 is 0.957 bits per heavy atom. The summed E-state index contributed by atoms with van der Waals surface area (Å²) in [6, 6.07) is 53.5. The Balaban J connectivity index is 1.45. The molecule has 46 heavy (non-hydrogen) atoms. The van der Waals surface area contributed by atoms with Crippen molar-refractivity contribution in [3.63, 3.8) is 0 Å². The average Bonchev–Trinajstić information content (AvgIpc) is 3.33. The zero-order valence-electron chi connectivity index (χ0n) is 25.8. The van der Waals surface area contributed by atoms with Crippen LogP contribution < -0.4 is 0 Å². The van der Waals surface area contributed by atoms with Crippen LogP contribution in [0.1, 0.15) is 25.0 Å². The van der Waals surface area contributed by atoms with E-state index >= 15 is 0 Å². The molecule has 0 aliphatic heterocycles. The lowest BCUT2D eigenvalue weighted by molar-refractivity contribution is 0.628. The molecule has 0 atom stereocenters. The van der Waals surface area contributed by atoms with Crippen LogP contribution in [-0.4, -0.2) is 0 Å². The van der Waals surface area contributed by atoms with Gasteiger partial charge in [-0.3, -0.25) is 0 Å². The summed E-state index contributed by atoms with van der Waals surface area (Å²) in [6.45, 7) is 4.68. The highest BCUT2D eigenvalue weighted by molar-refractivity contribution is 6.23. The predicted molar refractivity (Wildman–Crippen MR) is 193 cm³/mol. The molecule has 0 heterocycles. The normalized spacial score (nSPS) is 13.3. The highest BCUT2D eigenvalue weighted by atomic mass is 19.1. The van der Waals surface area contributed by atoms with Crippen LogP contribution in [0.3, 0.4) is 0 Å². The Hall–Kier alpha value is -5.53. The Labute approximate surface area is 268 Å². The first-order valence-corrected chi connectivity index (χ1v) is 16.0. The summed E-state index contributed by atoms with van der Waals surface area (Å²) in [6.07, 6.45) is 0. The number of halogens is 1. The standard InChI is InChI=1S/C45H31F/c1-45(2)40-19-8-7-16-37(40)44-38(18-10-20-41(44)45)43-35-15-6-5-14-34(35)42(29-21-24-31(46)25-22-29)36-26-23-30(27-39(36)43)33-17-9-12-28-11-3-4-13-32(28)33/h3-27H,1-2H3. The van der Waals surface area contributed by atoms with Gasteiger partial charge in [-0.2, -0.15) is 0 Å². The topological polar surface area (TPSA) is 0 Å². The zero-order valence-corrected chi connectivity index (χ0v) is 25.8. The van der Waals surface area contributed by atoms with Crippen molar-refractivity contribution in [2.24, 2.45) is 0 Å². The molecule has 9 rings (SSSR count). The minimum atomic E-state index is -0.228. The van der Waals surface area contributed by atoms with Gasteiger partial charge >= 0.3 is 0 Å². The Kier molecular flexibility index (Phi) is 5.83. The van der Waals surface area contributed by atoms with Crippen molar-refractivity contribution in [2.45, 2.75) is 19.3 Å². The van der Waals surface area contributed by atoms with E-state index in [1.807, 2.05) is 12.1 Å². The summed E-state index contributed by atoms with van der Waals surface area (Å²) in [5.74, 6) is -0.228. The van der Waals surface area contributed by atoms with E-state index in [2.05, 4.69) is 141 Å². The summed E-state index contributed by atoms with van der Waals surface area (Å²) < 4.78 is 14.2. The molecule has 1 heteroatoms. The second-order valence-electron chi connectivity index (χ2n) is 13.0. The number of rotatable bonds is 3. The second kappa shape index (κ2) is 9.99. The fraction of sp³-hybridized carbons (Fsp3) is 0.0667. The van der Waals surface area contributed by atoms with E-state index in [9.17, 15) is 4.39 Å². The zero-order chi connectivity index (χ0) is 31.0. The van der Waals surface area contributed by atoms with Gasteiger partial charge in [0.2, 0.25) is 0 Å². The van der Waals surface area contributed by atoms with Crippen LogP contribution in [0, 0.1) is 5.82 Å². The van der Waals surface area contributed by atoms with Crippen LogP contribution in [0.4, 0.5) is 4.39 Å². The number of benzene rings is 8. The Bertz CT molecular complexity index is 2490. The van der Waals surface area contributed by atoms with E-state index in [0.29, 0.717) is 0 Å². The lowest BCUT2D eigenvalue weighted by Gasteiger charge is -2.23. The van der Waals surface area contributed by atoms with Crippen LogP contribution in [-0.2, 0) is 5.41 Å². The summed E-state index contributed by atoms with van der Waals surface area (Å²) in [4.78, 5) is 0. The van der Waals surface area contributed by atoms with Crippen LogP contribution >= 0.6 is 0 Å². The fourth-order valence-electron chi connectivity index (χ4n) is 8.00. The molecule has 0 radical (unpaired) electrons. The lowest BCUT2D eigenvalue weighted by atomic mass is 9.80. The first kappa shape index (κ1) is 26.8. The third kappa shape index (κ3) is 3.85. The molecule has 0 saturated heterocycles. The summed E-state index contributed by atoms with van der Waals surface area (Å²) in [5.41, 5.74) is 12.3. The minimum Gasteiger partial charge on any atom is -0.207 e. The van der Waals surface area contributed by atoms with Crippen molar-refractivity contribution in [3.05, 3.63) is 169 Å². The number of fused-ring (bicyclic) bond motifs is 6. The summed E-state index contributed by atoms with van der Waals surface area (Å²) >= 11 is 0. The fourth-order valence-corrected chi connectivity index (χ4v) is 8.00. The molecule has 0 fully saturated rings. The van der Waals surface area contributed by atoms with Gasteiger partial charge in [-0.25, -0.2) is 4.39 Å². The van der Waals surface area contributed by atoms with Crippen molar-refractivity contribution in [1.82, 2.24) is 0 Å². The van der Waals surface area contributed by atoms with Gasteiger partial charge < -0.3 is 0 Å². The largest absolute Gasteiger partial charge is 0.207 e. The van der Waals surface area contributed by atoms with E-state index in [1.54, 1.807) is 12.1 Å². The molecule has 218 valence electrons. The van der Waals surface area contributed by atoms with Gasteiger partial charge in [-0.05, 0) is 106 Å². The second-order valence-corrected chi connectivity index (χ2v) is 13.0. The molecule has 1 aliphatic carbocycles. The third-order valence-electron chi connectivity index (χ3n) is 10.1. The summed E-state index contributed by atoms with van der Waals surface area (Å²) in [5, 5.41) is 7.18. The highest BCUT2D eigenvalue weighted by Gasteiger charge is 2.37. The van der Waals surface area contributed by atoms with Gasteiger partial charge in [0.1, 0.15) is 5.82 Å². The van der Waals surface area contributed by atoms with Crippen molar-refractivity contribution < 1.29 is 4.39 Å². The number of hydrogen-bond donors (Lipinski definition) is 0. The maximum Gasteiger partial charge on any atom is 0.123 e. The molecule has 0 unspecified atom stereocenters. The quantitative estimate of drug-likeness (QED) is 0.180. The molecular weight excluding hydrogens is 559 g/mol. The Morgan fingerprint density at radius 3 is 1.78 bits per heavy atom. The van der Waals surface area contributed by atoms with Gasteiger partial charge in [-0.15, -0.1) is 0 Å². The molecule has 0 spiro atoms. The van der Waals surface area contributed by atoms with Crippen molar-refractivity contribution in [2.75, 3.05) is 0 Å². The van der Waals surface area contributed by atoms with Crippen LogP contribution in [0.2, 0.25) is 0 Å². The molecular formula is C45H31F. The van der Waals surface area contributed by atoms with Crippen LogP contribution in [0.25, 0.3) is 76.8 Å². The van der Waals surface area contributed by atoms with Crippen molar-refractivity contribution in [3.8, 4) is 44.5 Å². The highest BCUT2D eigenvalue weighted by Crippen LogP contribution is 2.54. The molecule has 0 amide bonds. The van der Waals surface area contributed by atoms with E-state index in [4.69, 9.17) is 0 Å².